The summed E-state index contributed by atoms with van der Waals surface area (Å²) in [7, 11) is 1.54. The van der Waals surface area contributed by atoms with Crippen LogP contribution in [0.4, 0.5) is 0 Å². The number of halogens is 3. The number of hydrogen-bond acceptors (Lipinski definition) is 7. The minimum absolute atomic E-state index is 0.149. The summed E-state index contributed by atoms with van der Waals surface area (Å²) in [6, 6.07) is 10.6. The molecule has 1 heterocycles. The molecule has 1 amide bonds. The molecule has 166 valence electrons. The first-order valence-electron chi connectivity index (χ1n) is 9.12. The Morgan fingerprint density at radius 2 is 2.00 bits per heavy atom. The summed E-state index contributed by atoms with van der Waals surface area (Å²) in [5, 5.41) is 5.46. The smallest absolute Gasteiger partial charge is 0.250 e. The van der Waals surface area contributed by atoms with Crippen LogP contribution in [-0.2, 0) is 11.4 Å². The maximum atomic E-state index is 11.9. The average molecular weight is 556 g/mol. The van der Waals surface area contributed by atoms with E-state index in [1.165, 1.54) is 18.0 Å². The highest BCUT2D eigenvalue weighted by atomic mass is 79.9. The third-order valence-corrected chi connectivity index (χ3v) is 6.10. The Bertz CT molecular complexity index is 1120. The van der Waals surface area contributed by atoms with Crippen molar-refractivity contribution in [1.82, 2.24) is 15.4 Å². The van der Waals surface area contributed by atoms with E-state index in [1.807, 2.05) is 6.07 Å². The minimum Gasteiger partial charge on any atom is -0.493 e. The lowest BCUT2D eigenvalue weighted by Gasteiger charge is -2.14. The van der Waals surface area contributed by atoms with Crippen LogP contribution in [0.5, 0.6) is 11.5 Å². The van der Waals surface area contributed by atoms with Crippen molar-refractivity contribution in [3.05, 3.63) is 74.4 Å². The van der Waals surface area contributed by atoms with Gasteiger partial charge in [0.2, 0.25) is 0 Å². The van der Waals surface area contributed by atoms with E-state index in [9.17, 15) is 4.79 Å². The van der Waals surface area contributed by atoms with Gasteiger partial charge in [0.1, 0.15) is 6.61 Å². The molecule has 1 N–H and O–H groups in total. The van der Waals surface area contributed by atoms with Gasteiger partial charge in [0.15, 0.2) is 16.7 Å². The first-order chi connectivity index (χ1) is 15.5. The topological polar surface area (TPSA) is 85.7 Å². The van der Waals surface area contributed by atoms with E-state index < -0.39 is 0 Å². The Balaban J connectivity index is 1.59. The van der Waals surface area contributed by atoms with Gasteiger partial charge in [-0.25, -0.2) is 15.4 Å². The molecule has 0 spiro atoms. The van der Waals surface area contributed by atoms with E-state index in [-0.39, 0.29) is 18.3 Å². The van der Waals surface area contributed by atoms with Gasteiger partial charge >= 0.3 is 0 Å². The number of methoxy groups -OCH3 is 1. The molecule has 1 aromatic heterocycles. The summed E-state index contributed by atoms with van der Waals surface area (Å²) in [5.74, 6) is 0.907. The number of hydrogen-bond donors (Lipinski definition) is 1. The average Bonchev–Trinajstić information content (AvgIpc) is 2.79. The number of ether oxygens (including phenoxy) is 2. The van der Waals surface area contributed by atoms with E-state index in [1.54, 1.807) is 49.8 Å². The number of hydrazone groups is 1. The Morgan fingerprint density at radius 3 is 2.72 bits per heavy atom. The van der Waals surface area contributed by atoms with Crippen molar-refractivity contribution in [2.45, 2.75) is 11.8 Å². The first kappa shape index (κ1) is 24.3. The molecule has 0 aliphatic carbocycles. The molecular formula is C21H17BrCl2N4O3S. The highest BCUT2D eigenvalue weighted by molar-refractivity contribution is 9.10. The van der Waals surface area contributed by atoms with Crippen LogP contribution < -0.4 is 14.9 Å². The first-order valence-corrected chi connectivity index (χ1v) is 11.7. The monoisotopic (exact) mass is 554 g/mol. The molecule has 0 atom stereocenters. The Morgan fingerprint density at radius 1 is 1.22 bits per heavy atom. The Hall–Kier alpha value is -2.33. The number of amides is 1. The molecule has 0 saturated carbocycles. The fraction of sp³-hybridized carbons (Fsp3) is 0.143. The van der Waals surface area contributed by atoms with Crippen LogP contribution in [0.2, 0.25) is 10.0 Å². The van der Waals surface area contributed by atoms with Gasteiger partial charge in [-0.15, -0.1) is 0 Å². The molecule has 7 nitrogen and oxygen atoms in total. The second kappa shape index (κ2) is 12.1. The number of carbonyl (C=O) groups is 1. The quantitative estimate of drug-likeness (QED) is 0.165. The molecular weight excluding hydrogens is 539 g/mol. The number of rotatable bonds is 9. The van der Waals surface area contributed by atoms with Gasteiger partial charge < -0.3 is 9.47 Å². The fourth-order valence-corrected chi connectivity index (χ4v) is 3.93. The molecule has 3 rings (SSSR count). The van der Waals surface area contributed by atoms with E-state index in [2.05, 4.69) is 36.4 Å². The molecule has 0 aliphatic rings. The second-order valence-electron chi connectivity index (χ2n) is 6.18. The van der Waals surface area contributed by atoms with E-state index in [4.69, 9.17) is 32.7 Å². The third-order valence-electron chi connectivity index (χ3n) is 3.90. The van der Waals surface area contributed by atoms with Gasteiger partial charge in [-0.1, -0.05) is 41.0 Å². The van der Waals surface area contributed by atoms with Gasteiger partial charge in [-0.3, -0.25) is 4.79 Å². The van der Waals surface area contributed by atoms with Crippen LogP contribution in [-0.4, -0.2) is 35.0 Å². The standard InChI is InChI=1S/C21H17BrCl2N4O3S/c1-30-18-9-14(10-27-28-19(29)12-32-21-25-5-2-6-26-21)7-15(22)20(18)31-11-13-3-4-16(23)17(24)8-13/h2-10H,11-12H2,1H3,(H,28,29)/b27-10-. The van der Waals surface area contributed by atoms with Gasteiger partial charge in [0.25, 0.3) is 5.91 Å². The summed E-state index contributed by atoms with van der Waals surface area (Å²) >= 11 is 16.7. The zero-order valence-corrected chi connectivity index (χ0v) is 20.6. The number of carbonyl (C=O) groups excluding carboxylic acids is 1. The summed E-state index contributed by atoms with van der Waals surface area (Å²) in [5.41, 5.74) is 4.04. The summed E-state index contributed by atoms with van der Waals surface area (Å²) in [6.45, 7) is 0.276. The largest absolute Gasteiger partial charge is 0.493 e. The van der Waals surface area contributed by atoms with Gasteiger partial charge in [0, 0.05) is 12.4 Å². The van der Waals surface area contributed by atoms with Crippen LogP contribution in [0.3, 0.4) is 0 Å². The predicted molar refractivity (Wildman–Crippen MR) is 130 cm³/mol. The normalized spacial score (nSPS) is 10.9. The number of benzene rings is 2. The highest BCUT2D eigenvalue weighted by Gasteiger charge is 2.12. The fourth-order valence-electron chi connectivity index (χ4n) is 2.44. The van der Waals surface area contributed by atoms with Crippen LogP contribution in [0.25, 0.3) is 0 Å². The Labute approximate surface area is 207 Å². The summed E-state index contributed by atoms with van der Waals surface area (Å²) in [6.07, 6.45) is 4.75. The maximum absolute atomic E-state index is 11.9. The van der Waals surface area contributed by atoms with Crippen LogP contribution in [0.1, 0.15) is 11.1 Å². The van der Waals surface area contributed by atoms with Gasteiger partial charge in [-0.05, 0) is 57.4 Å². The molecule has 32 heavy (non-hydrogen) atoms. The molecule has 3 aromatic rings. The van der Waals surface area contributed by atoms with E-state index in [0.717, 1.165) is 5.56 Å². The van der Waals surface area contributed by atoms with Gasteiger partial charge in [0.05, 0.1) is 33.6 Å². The predicted octanol–water partition coefficient (Wildman–Crippen LogP) is 5.38. The van der Waals surface area contributed by atoms with E-state index >= 15 is 0 Å². The third kappa shape index (κ3) is 7.09. The van der Waals surface area contributed by atoms with Crippen molar-refractivity contribution in [2.24, 2.45) is 5.10 Å². The SMILES string of the molecule is COc1cc(/C=N\NC(=O)CSc2ncccn2)cc(Br)c1OCc1ccc(Cl)c(Cl)c1. The van der Waals surface area contributed by atoms with Crippen LogP contribution in [0.15, 0.2) is 63.5 Å². The molecule has 0 bridgehead atoms. The van der Waals surface area contributed by atoms with Crippen molar-refractivity contribution in [1.29, 1.82) is 0 Å². The molecule has 0 saturated heterocycles. The molecule has 0 radical (unpaired) electrons. The number of nitrogens with zero attached hydrogens (tertiary/aromatic N) is 3. The number of nitrogens with one attached hydrogen (secondary N) is 1. The lowest BCUT2D eigenvalue weighted by molar-refractivity contribution is -0.118. The number of aromatic nitrogens is 2. The molecule has 0 unspecified atom stereocenters. The lowest BCUT2D eigenvalue weighted by Crippen LogP contribution is -2.19. The molecule has 2 aromatic carbocycles. The molecule has 0 aliphatic heterocycles. The number of thioether (sulfide) groups is 1. The van der Waals surface area contributed by atoms with Crippen molar-refractivity contribution < 1.29 is 14.3 Å². The zero-order valence-electron chi connectivity index (χ0n) is 16.7. The Kier molecular flexibility index (Phi) is 9.16. The lowest BCUT2D eigenvalue weighted by atomic mass is 10.2. The maximum Gasteiger partial charge on any atom is 0.250 e. The van der Waals surface area contributed by atoms with E-state index in [0.29, 0.717) is 36.7 Å². The summed E-state index contributed by atoms with van der Waals surface area (Å²) < 4.78 is 12.0. The second-order valence-corrected chi connectivity index (χ2v) is 8.80. The van der Waals surface area contributed by atoms with Crippen molar-refractivity contribution in [2.75, 3.05) is 12.9 Å². The zero-order chi connectivity index (χ0) is 22.9. The van der Waals surface area contributed by atoms with Crippen molar-refractivity contribution in [3.8, 4) is 11.5 Å². The van der Waals surface area contributed by atoms with Crippen LogP contribution >= 0.6 is 50.9 Å². The van der Waals surface area contributed by atoms with Crippen molar-refractivity contribution in [3.63, 3.8) is 0 Å². The van der Waals surface area contributed by atoms with Crippen molar-refractivity contribution >= 4 is 63.0 Å². The minimum atomic E-state index is -0.272. The highest BCUT2D eigenvalue weighted by Crippen LogP contribution is 2.37. The van der Waals surface area contributed by atoms with Gasteiger partial charge in [-0.2, -0.15) is 5.10 Å². The molecule has 11 heteroatoms. The molecule has 0 fully saturated rings. The summed E-state index contributed by atoms with van der Waals surface area (Å²) in [4.78, 5) is 20.0. The van der Waals surface area contributed by atoms with Crippen LogP contribution in [0, 0.1) is 0 Å².